The van der Waals surface area contributed by atoms with Gasteiger partial charge in [-0.05, 0) is 18.9 Å². The summed E-state index contributed by atoms with van der Waals surface area (Å²) in [6, 6.07) is 3.09. The number of hydrogen-bond donors (Lipinski definition) is 2. The number of nitrogens with zero attached hydrogens (tertiary/aromatic N) is 2. The second kappa shape index (κ2) is 5.97. The topological polar surface area (TPSA) is 104 Å². The van der Waals surface area contributed by atoms with Crippen molar-refractivity contribution >= 4 is 5.91 Å². The lowest BCUT2D eigenvalue weighted by Gasteiger charge is -2.27. The van der Waals surface area contributed by atoms with Crippen LogP contribution in [0.15, 0.2) is 12.1 Å². The second-order valence-electron chi connectivity index (χ2n) is 5.19. The van der Waals surface area contributed by atoms with Gasteiger partial charge in [-0.2, -0.15) is 0 Å². The summed E-state index contributed by atoms with van der Waals surface area (Å²) in [6.45, 7) is 0.428. The molecule has 0 aliphatic heterocycles. The SMILES string of the molecule is NC(=O)c1ccc(OCC2(N)CCCCCC2)nn1. The van der Waals surface area contributed by atoms with Crippen LogP contribution in [-0.2, 0) is 0 Å². The van der Waals surface area contributed by atoms with Crippen molar-refractivity contribution < 1.29 is 9.53 Å². The number of amides is 1. The Morgan fingerprint density at radius 1 is 1.21 bits per heavy atom. The minimum absolute atomic E-state index is 0.129. The predicted octanol–water partition coefficient (Wildman–Crippen LogP) is 1.01. The number of rotatable bonds is 4. The van der Waals surface area contributed by atoms with Crippen molar-refractivity contribution in [3.8, 4) is 5.88 Å². The quantitative estimate of drug-likeness (QED) is 0.790. The van der Waals surface area contributed by atoms with Gasteiger partial charge < -0.3 is 16.2 Å². The fourth-order valence-corrected chi connectivity index (χ4v) is 2.32. The lowest BCUT2D eigenvalue weighted by Crippen LogP contribution is -2.45. The zero-order valence-electron chi connectivity index (χ0n) is 11.0. The maximum atomic E-state index is 10.9. The molecule has 0 unspecified atom stereocenters. The van der Waals surface area contributed by atoms with Gasteiger partial charge in [0, 0.05) is 6.07 Å². The van der Waals surface area contributed by atoms with Crippen LogP contribution in [0.2, 0.25) is 0 Å². The van der Waals surface area contributed by atoms with E-state index in [0.29, 0.717) is 12.5 Å². The molecule has 4 N–H and O–H groups in total. The highest BCUT2D eigenvalue weighted by atomic mass is 16.5. The highest BCUT2D eigenvalue weighted by Crippen LogP contribution is 2.25. The average Bonchev–Trinajstić information content (AvgIpc) is 2.62. The van der Waals surface area contributed by atoms with E-state index >= 15 is 0 Å². The van der Waals surface area contributed by atoms with E-state index in [1.807, 2.05) is 0 Å². The molecule has 104 valence electrons. The van der Waals surface area contributed by atoms with Crippen molar-refractivity contribution in [1.29, 1.82) is 0 Å². The van der Waals surface area contributed by atoms with E-state index in [1.165, 1.54) is 18.9 Å². The first-order valence-corrected chi connectivity index (χ1v) is 6.64. The standard InChI is InChI=1S/C13H20N4O2/c14-12(18)10-5-6-11(17-16-10)19-9-13(15)7-3-1-2-4-8-13/h5-6H,1-4,7-9,15H2,(H2,14,18). The summed E-state index contributed by atoms with van der Waals surface area (Å²) in [5, 5.41) is 7.50. The van der Waals surface area contributed by atoms with Gasteiger partial charge in [0.05, 0.1) is 5.54 Å². The van der Waals surface area contributed by atoms with Gasteiger partial charge in [0.15, 0.2) is 5.69 Å². The molecule has 0 saturated heterocycles. The fraction of sp³-hybridized carbons (Fsp3) is 0.615. The molecule has 19 heavy (non-hydrogen) atoms. The molecule has 0 atom stereocenters. The Morgan fingerprint density at radius 3 is 2.42 bits per heavy atom. The van der Waals surface area contributed by atoms with Crippen molar-refractivity contribution in [2.45, 2.75) is 44.1 Å². The van der Waals surface area contributed by atoms with E-state index in [9.17, 15) is 4.79 Å². The molecule has 1 aromatic heterocycles. The van der Waals surface area contributed by atoms with Crippen LogP contribution >= 0.6 is 0 Å². The number of hydrogen-bond acceptors (Lipinski definition) is 5. The van der Waals surface area contributed by atoms with Crippen molar-refractivity contribution in [1.82, 2.24) is 10.2 Å². The summed E-state index contributed by atoms with van der Waals surface area (Å²) in [4.78, 5) is 10.9. The molecule has 0 aromatic carbocycles. The average molecular weight is 264 g/mol. The molecule has 1 aromatic rings. The molecule has 0 bridgehead atoms. The van der Waals surface area contributed by atoms with E-state index < -0.39 is 5.91 Å². The maximum absolute atomic E-state index is 10.9. The molecule has 1 saturated carbocycles. The third kappa shape index (κ3) is 3.89. The van der Waals surface area contributed by atoms with Crippen LogP contribution in [0, 0.1) is 0 Å². The summed E-state index contributed by atoms with van der Waals surface area (Å²) in [7, 11) is 0. The number of aromatic nitrogens is 2. The third-order valence-corrected chi connectivity index (χ3v) is 3.50. The van der Waals surface area contributed by atoms with Crippen molar-refractivity contribution in [3.63, 3.8) is 0 Å². The van der Waals surface area contributed by atoms with Crippen LogP contribution in [0.5, 0.6) is 5.88 Å². The van der Waals surface area contributed by atoms with Gasteiger partial charge in [-0.15, -0.1) is 10.2 Å². The van der Waals surface area contributed by atoms with E-state index in [2.05, 4.69) is 10.2 Å². The first-order valence-electron chi connectivity index (χ1n) is 6.64. The monoisotopic (exact) mass is 264 g/mol. The van der Waals surface area contributed by atoms with Gasteiger partial charge in [0.25, 0.3) is 5.91 Å². The van der Waals surface area contributed by atoms with Crippen LogP contribution in [0.1, 0.15) is 49.0 Å². The number of ether oxygens (including phenoxy) is 1. The molecule has 1 amide bonds. The Labute approximate surface area is 112 Å². The molecule has 1 heterocycles. The Hall–Kier alpha value is -1.69. The van der Waals surface area contributed by atoms with Gasteiger partial charge in [-0.1, -0.05) is 25.7 Å². The number of carbonyl (C=O) groups is 1. The van der Waals surface area contributed by atoms with E-state index in [-0.39, 0.29) is 11.2 Å². The van der Waals surface area contributed by atoms with Gasteiger partial charge in [0.1, 0.15) is 6.61 Å². The molecular weight excluding hydrogens is 244 g/mol. The highest BCUT2D eigenvalue weighted by molar-refractivity contribution is 5.90. The Morgan fingerprint density at radius 2 is 1.89 bits per heavy atom. The van der Waals surface area contributed by atoms with E-state index in [4.69, 9.17) is 16.2 Å². The molecular formula is C13H20N4O2. The van der Waals surface area contributed by atoms with Gasteiger partial charge in [0.2, 0.25) is 5.88 Å². The van der Waals surface area contributed by atoms with Crippen LogP contribution in [-0.4, -0.2) is 28.3 Å². The minimum Gasteiger partial charge on any atom is -0.475 e. The van der Waals surface area contributed by atoms with Crippen LogP contribution in [0.3, 0.4) is 0 Å². The molecule has 2 rings (SSSR count). The molecule has 1 aliphatic rings. The van der Waals surface area contributed by atoms with Crippen LogP contribution < -0.4 is 16.2 Å². The van der Waals surface area contributed by atoms with E-state index in [0.717, 1.165) is 25.7 Å². The van der Waals surface area contributed by atoms with Gasteiger partial charge >= 0.3 is 0 Å². The largest absolute Gasteiger partial charge is 0.475 e. The Bertz CT molecular complexity index is 425. The van der Waals surface area contributed by atoms with Gasteiger partial charge in [-0.25, -0.2) is 0 Å². The summed E-state index contributed by atoms with van der Waals surface area (Å²) in [6.07, 6.45) is 6.72. The molecule has 0 spiro atoms. The molecule has 0 radical (unpaired) electrons. The normalized spacial score (nSPS) is 18.6. The maximum Gasteiger partial charge on any atom is 0.269 e. The van der Waals surface area contributed by atoms with Crippen LogP contribution in [0.25, 0.3) is 0 Å². The lowest BCUT2D eigenvalue weighted by molar-refractivity contribution is 0.0994. The third-order valence-electron chi connectivity index (χ3n) is 3.50. The smallest absolute Gasteiger partial charge is 0.269 e. The summed E-state index contributed by atoms with van der Waals surface area (Å²) in [5.74, 6) is -0.225. The predicted molar refractivity (Wildman–Crippen MR) is 70.7 cm³/mol. The molecule has 1 aliphatic carbocycles. The Balaban J connectivity index is 1.92. The number of primary amides is 1. The summed E-state index contributed by atoms with van der Waals surface area (Å²) in [5.41, 5.74) is 11.3. The summed E-state index contributed by atoms with van der Waals surface area (Å²) < 4.78 is 5.59. The first kappa shape index (κ1) is 13.7. The van der Waals surface area contributed by atoms with Crippen molar-refractivity contribution in [2.24, 2.45) is 11.5 Å². The number of carbonyl (C=O) groups excluding carboxylic acids is 1. The van der Waals surface area contributed by atoms with Crippen molar-refractivity contribution in [2.75, 3.05) is 6.61 Å². The number of nitrogens with two attached hydrogens (primary N) is 2. The first-order chi connectivity index (χ1) is 9.09. The molecule has 1 fully saturated rings. The highest BCUT2D eigenvalue weighted by Gasteiger charge is 2.27. The second-order valence-corrected chi connectivity index (χ2v) is 5.19. The molecule has 6 nitrogen and oxygen atoms in total. The molecule has 6 heteroatoms. The van der Waals surface area contributed by atoms with Crippen LogP contribution in [0.4, 0.5) is 0 Å². The fourth-order valence-electron chi connectivity index (χ4n) is 2.32. The lowest BCUT2D eigenvalue weighted by atomic mass is 9.93. The summed E-state index contributed by atoms with van der Waals surface area (Å²) >= 11 is 0. The minimum atomic E-state index is -0.599. The van der Waals surface area contributed by atoms with E-state index in [1.54, 1.807) is 6.07 Å². The zero-order valence-corrected chi connectivity index (χ0v) is 11.0. The Kier molecular flexibility index (Phi) is 4.31. The van der Waals surface area contributed by atoms with Gasteiger partial charge in [-0.3, -0.25) is 4.79 Å². The van der Waals surface area contributed by atoms with Crippen molar-refractivity contribution in [3.05, 3.63) is 17.8 Å². The zero-order chi connectivity index (χ0) is 13.7.